The molecule has 0 fully saturated rings. The van der Waals surface area contributed by atoms with Gasteiger partial charge in [0, 0.05) is 11.1 Å². The number of hydrogen-bond acceptors (Lipinski definition) is 4. The first-order valence-electron chi connectivity index (χ1n) is 26.2. The molecule has 0 bridgehead atoms. The van der Waals surface area contributed by atoms with Crippen LogP contribution < -0.4 is 9.47 Å². The summed E-state index contributed by atoms with van der Waals surface area (Å²) in [5.74, 6) is 3.28. The molecule has 0 radical (unpaired) electrons. The van der Waals surface area contributed by atoms with Gasteiger partial charge < -0.3 is 19.7 Å². The Bertz CT molecular complexity index is 4070. The highest BCUT2D eigenvalue weighted by molar-refractivity contribution is 6.21. The summed E-state index contributed by atoms with van der Waals surface area (Å²) in [7, 11) is 0. The topological polar surface area (TPSA) is 58.9 Å². The Morgan fingerprint density at radius 2 is 0.628 bits per heavy atom. The van der Waals surface area contributed by atoms with Crippen molar-refractivity contribution >= 4 is 66.4 Å². The van der Waals surface area contributed by atoms with E-state index in [4.69, 9.17) is 9.47 Å². The Hall–Kier alpha value is -10.4. The van der Waals surface area contributed by atoms with Crippen molar-refractivity contribution in [2.24, 2.45) is 0 Å². The van der Waals surface area contributed by atoms with Crippen LogP contribution in [0.25, 0.3) is 88.6 Å². The molecular formula is C74H50O4. The van der Waals surface area contributed by atoms with Crippen LogP contribution in [0.2, 0.25) is 0 Å². The van der Waals surface area contributed by atoms with Gasteiger partial charge in [0.2, 0.25) is 0 Å². The predicted octanol–water partition coefficient (Wildman–Crippen LogP) is 19.8. The molecule has 370 valence electrons. The lowest BCUT2D eigenvalue weighted by Crippen LogP contribution is -1.95. The van der Waals surface area contributed by atoms with Crippen molar-refractivity contribution in [2.45, 2.75) is 0 Å². The van der Waals surface area contributed by atoms with Gasteiger partial charge in [0.15, 0.2) is 0 Å². The molecule has 0 spiro atoms. The lowest BCUT2D eigenvalue weighted by atomic mass is 9.85. The molecule has 0 saturated carbocycles. The maximum atomic E-state index is 10.4. The Morgan fingerprint density at radius 1 is 0.295 bits per heavy atom. The van der Waals surface area contributed by atoms with E-state index in [2.05, 4.69) is 182 Å². The first-order chi connectivity index (χ1) is 38.5. The highest BCUT2D eigenvalue weighted by Gasteiger charge is 2.21. The number of ether oxygens (including phenoxy) is 2. The highest BCUT2D eigenvalue weighted by atomic mass is 16.5. The van der Waals surface area contributed by atoms with Crippen LogP contribution in [-0.2, 0) is 0 Å². The summed E-state index contributed by atoms with van der Waals surface area (Å²) in [4.78, 5) is 0. The van der Waals surface area contributed by atoms with Crippen LogP contribution in [0, 0.1) is 0 Å². The second kappa shape index (κ2) is 20.7. The van der Waals surface area contributed by atoms with E-state index < -0.39 is 0 Å². The van der Waals surface area contributed by atoms with Crippen molar-refractivity contribution in [1.29, 1.82) is 0 Å². The molecule has 13 aromatic rings. The van der Waals surface area contributed by atoms with Gasteiger partial charge in [-0.25, -0.2) is 0 Å². The Morgan fingerprint density at radius 3 is 1.01 bits per heavy atom. The summed E-state index contributed by atoms with van der Waals surface area (Å²) in [5.41, 5.74) is 12.1. The zero-order valence-corrected chi connectivity index (χ0v) is 42.4. The van der Waals surface area contributed by atoms with Gasteiger partial charge in [-0.15, -0.1) is 0 Å². The fraction of sp³-hybridized carbons (Fsp3) is 0. The third-order valence-electron chi connectivity index (χ3n) is 14.6. The maximum absolute atomic E-state index is 10.4. The summed E-state index contributed by atoms with van der Waals surface area (Å²) in [6.07, 6.45) is 4.42. The average Bonchev–Trinajstić information content (AvgIpc) is 3.66. The van der Waals surface area contributed by atoms with Crippen molar-refractivity contribution in [3.05, 3.63) is 312 Å². The van der Waals surface area contributed by atoms with Crippen LogP contribution in [-0.4, -0.2) is 10.2 Å². The zero-order chi connectivity index (χ0) is 52.4. The van der Waals surface area contributed by atoms with E-state index in [1.807, 2.05) is 84.9 Å². The van der Waals surface area contributed by atoms with E-state index in [1.165, 1.54) is 0 Å². The molecule has 0 aliphatic carbocycles. The van der Waals surface area contributed by atoms with Crippen LogP contribution in [0.5, 0.6) is 34.5 Å². The van der Waals surface area contributed by atoms with E-state index in [0.717, 1.165) is 121 Å². The summed E-state index contributed by atoms with van der Waals surface area (Å²) in [6.45, 7) is 0. The Kier molecular flexibility index (Phi) is 12.6. The molecule has 0 heterocycles. The average molecular weight is 1000 g/mol. The third kappa shape index (κ3) is 9.29. The number of aromatic hydroxyl groups is 2. The molecule has 0 aromatic heterocycles. The lowest BCUT2D eigenvalue weighted by molar-refractivity contribution is 0.474. The van der Waals surface area contributed by atoms with E-state index in [1.54, 1.807) is 24.3 Å². The number of rotatable bonds is 12. The Labute approximate surface area is 453 Å². The summed E-state index contributed by atoms with van der Waals surface area (Å²) >= 11 is 0. The molecule has 0 aliphatic rings. The summed E-state index contributed by atoms with van der Waals surface area (Å²) in [6, 6.07) is 94.9. The molecule has 13 rings (SSSR count). The van der Waals surface area contributed by atoms with E-state index in [-0.39, 0.29) is 11.5 Å². The van der Waals surface area contributed by atoms with Gasteiger partial charge in [0.1, 0.15) is 34.5 Å². The lowest BCUT2D eigenvalue weighted by Gasteiger charge is -2.20. The monoisotopic (exact) mass is 1000 g/mol. The van der Waals surface area contributed by atoms with Crippen molar-refractivity contribution < 1.29 is 19.7 Å². The first kappa shape index (κ1) is 47.3. The zero-order valence-electron chi connectivity index (χ0n) is 42.4. The van der Waals surface area contributed by atoms with Crippen molar-refractivity contribution in [3.63, 3.8) is 0 Å². The second-order valence-electron chi connectivity index (χ2n) is 19.4. The van der Waals surface area contributed by atoms with Crippen LogP contribution in [0.15, 0.2) is 279 Å². The molecule has 4 heteroatoms. The number of fused-ring (bicyclic) bond motifs is 4. The molecule has 4 nitrogen and oxygen atoms in total. The molecule has 0 aliphatic heterocycles. The fourth-order valence-corrected chi connectivity index (χ4v) is 10.9. The van der Waals surface area contributed by atoms with Crippen LogP contribution in [0.1, 0.15) is 33.4 Å². The quantitative estimate of drug-likeness (QED) is 0.0946. The van der Waals surface area contributed by atoms with Gasteiger partial charge in [0.05, 0.1) is 0 Å². The number of para-hydroxylation sites is 2. The molecule has 0 saturated heterocycles. The van der Waals surface area contributed by atoms with Crippen molar-refractivity contribution in [2.75, 3.05) is 0 Å². The molecule has 0 atom stereocenters. The van der Waals surface area contributed by atoms with Gasteiger partial charge in [-0.05, 0) is 172 Å². The van der Waals surface area contributed by atoms with Crippen molar-refractivity contribution in [1.82, 2.24) is 0 Å². The predicted molar refractivity (Wildman–Crippen MR) is 323 cm³/mol. The minimum Gasteiger partial charge on any atom is -0.508 e. The van der Waals surface area contributed by atoms with Gasteiger partial charge in [0.25, 0.3) is 0 Å². The van der Waals surface area contributed by atoms with Crippen molar-refractivity contribution in [3.8, 4) is 56.8 Å². The van der Waals surface area contributed by atoms with E-state index in [0.29, 0.717) is 11.5 Å². The van der Waals surface area contributed by atoms with Crippen LogP contribution in [0.3, 0.4) is 0 Å². The molecule has 0 unspecified atom stereocenters. The van der Waals surface area contributed by atoms with Gasteiger partial charge in [-0.1, -0.05) is 218 Å². The van der Waals surface area contributed by atoms with Gasteiger partial charge >= 0.3 is 0 Å². The number of phenols is 2. The van der Waals surface area contributed by atoms with E-state index in [9.17, 15) is 10.2 Å². The molecule has 2 N–H and O–H groups in total. The first-order valence-corrected chi connectivity index (χ1v) is 26.2. The molecule has 78 heavy (non-hydrogen) atoms. The SMILES string of the molecule is Oc1ccc(/C(=C\c2ccc(-c3c4ccccc4c(-c4ccc(/C=C(\c5ccc(O)cc5)c5cccc6ccccc56)c(Oc5ccccc5)c4)c4ccccc34)cc2Oc2ccccc2)c2cccc3ccccc23)cc1. The normalized spacial score (nSPS) is 11.8. The summed E-state index contributed by atoms with van der Waals surface area (Å²) in [5, 5.41) is 29.7. The highest BCUT2D eigenvalue weighted by Crippen LogP contribution is 2.47. The third-order valence-corrected chi connectivity index (χ3v) is 14.6. The smallest absolute Gasteiger partial charge is 0.135 e. The maximum Gasteiger partial charge on any atom is 0.135 e. The molecule has 0 amide bonds. The van der Waals surface area contributed by atoms with Gasteiger partial charge in [-0.3, -0.25) is 0 Å². The number of phenolic OH excluding ortho intramolecular Hbond substituents is 2. The second-order valence-corrected chi connectivity index (χ2v) is 19.4. The fourth-order valence-electron chi connectivity index (χ4n) is 10.9. The largest absolute Gasteiger partial charge is 0.508 e. The van der Waals surface area contributed by atoms with Crippen LogP contribution >= 0.6 is 0 Å². The van der Waals surface area contributed by atoms with Gasteiger partial charge in [-0.2, -0.15) is 0 Å². The van der Waals surface area contributed by atoms with Crippen LogP contribution in [0.4, 0.5) is 0 Å². The van der Waals surface area contributed by atoms with E-state index >= 15 is 0 Å². The molecular weight excluding hydrogens is 953 g/mol. The Balaban J connectivity index is 1.00. The standard InChI is InChI=1S/C74H50O4/c75-57-41-37-51(38-42-57)69(63-31-15-19-49-17-7-9-25-61(49)63)45-53-33-35-55(47-71(53)77-59-21-3-1-4-22-59)73-65-27-11-13-29-67(65)74(68-30-14-12-28-66(68)73)56-36-34-54(72(48-56)78-60-23-5-2-6-24-60)46-70(52-39-43-58(76)44-40-52)64-32-16-20-50-18-8-10-26-62(50)64/h1-48,75-76H/b69-45+,70-46+. The number of benzene rings is 13. The minimum absolute atomic E-state index is 0.211. The minimum atomic E-state index is 0.211. The molecule has 13 aromatic carbocycles. The summed E-state index contributed by atoms with van der Waals surface area (Å²) < 4.78 is 13.9. The number of hydrogen-bond donors (Lipinski definition) is 2.